The smallest absolute Gasteiger partial charge is 0.407 e. The zero-order chi connectivity index (χ0) is 17.6. The summed E-state index contributed by atoms with van der Waals surface area (Å²) in [6, 6.07) is 9.62. The van der Waals surface area contributed by atoms with Crippen LogP contribution in [-0.4, -0.2) is 24.1 Å². The number of para-hydroxylation sites is 1. The van der Waals surface area contributed by atoms with Crippen LogP contribution in [0.3, 0.4) is 0 Å². The molecule has 2 amide bonds. The molecule has 1 heterocycles. The molecule has 2 aromatic rings. The average Bonchev–Trinajstić information content (AvgIpc) is 2.90. The molecule has 1 aromatic carbocycles. The Labute approximate surface area is 141 Å². The zero-order valence-corrected chi connectivity index (χ0v) is 14.3. The lowest BCUT2D eigenvalue weighted by molar-refractivity contribution is -0.121. The van der Waals surface area contributed by atoms with E-state index < -0.39 is 11.7 Å². The first-order valence-corrected chi connectivity index (χ1v) is 8.04. The highest BCUT2D eigenvalue weighted by Crippen LogP contribution is 2.18. The van der Waals surface area contributed by atoms with Crippen LogP contribution in [0.2, 0.25) is 0 Å². The van der Waals surface area contributed by atoms with E-state index in [1.807, 2.05) is 30.3 Å². The Morgan fingerprint density at radius 3 is 2.62 bits per heavy atom. The predicted molar refractivity (Wildman–Crippen MR) is 91.5 cm³/mol. The van der Waals surface area contributed by atoms with Gasteiger partial charge in [-0.25, -0.2) is 4.79 Å². The van der Waals surface area contributed by atoms with Gasteiger partial charge in [-0.2, -0.15) is 0 Å². The van der Waals surface area contributed by atoms with Crippen molar-refractivity contribution in [3.8, 4) is 0 Å². The molecule has 0 fully saturated rings. The number of hydrogen-bond donors (Lipinski definition) is 2. The maximum atomic E-state index is 11.8. The van der Waals surface area contributed by atoms with Crippen LogP contribution in [0.5, 0.6) is 0 Å². The molecule has 24 heavy (non-hydrogen) atoms. The number of furan rings is 1. The summed E-state index contributed by atoms with van der Waals surface area (Å²) in [5, 5.41) is 6.45. The second kappa shape index (κ2) is 7.86. The molecule has 2 N–H and O–H groups in total. The highest BCUT2D eigenvalue weighted by molar-refractivity contribution is 5.78. The van der Waals surface area contributed by atoms with Crippen LogP contribution in [0.1, 0.15) is 39.4 Å². The number of fused-ring (bicyclic) bond motifs is 1. The summed E-state index contributed by atoms with van der Waals surface area (Å²) in [5.74, 6) is 0.637. The standard InChI is InChI=1S/C18H24N2O4/c1-18(2,3)24-17(22)19-10-6-9-16(21)20-12-14-11-13-7-4-5-8-15(13)23-14/h4-5,7-8,11H,6,9-10,12H2,1-3H3,(H,19,22)(H,20,21). The summed E-state index contributed by atoms with van der Waals surface area (Å²) in [4.78, 5) is 23.3. The highest BCUT2D eigenvalue weighted by atomic mass is 16.6. The van der Waals surface area contributed by atoms with Crippen molar-refractivity contribution in [2.24, 2.45) is 0 Å². The van der Waals surface area contributed by atoms with Crippen LogP contribution in [0.25, 0.3) is 11.0 Å². The fourth-order valence-electron chi connectivity index (χ4n) is 2.15. The van der Waals surface area contributed by atoms with Gasteiger partial charge in [-0.05, 0) is 39.3 Å². The van der Waals surface area contributed by atoms with E-state index in [1.165, 1.54) is 0 Å². The Hall–Kier alpha value is -2.50. The minimum Gasteiger partial charge on any atom is -0.459 e. The first-order chi connectivity index (χ1) is 11.3. The third-order valence-corrected chi connectivity index (χ3v) is 3.19. The second-order valence-electron chi connectivity index (χ2n) is 6.56. The largest absolute Gasteiger partial charge is 0.459 e. The predicted octanol–water partition coefficient (Wildman–Crippen LogP) is 3.35. The maximum Gasteiger partial charge on any atom is 0.407 e. The normalized spacial score (nSPS) is 11.3. The zero-order valence-electron chi connectivity index (χ0n) is 14.3. The Morgan fingerprint density at radius 1 is 1.17 bits per heavy atom. The van der Waals surface area contributed by atoms with Gasteiger partial charge in [-0.1, -0.05) is 18.2 Å². The van der Waals surface area contributed by atoms with Crippen molar-refractivity contribution in [1.82, 2.24) is 10.6 Å². The van der Waals surface area contributed by atoms with E-state index in [2.05, 4.69) is 10.6 Å². The van der Waals surface area contributed by atoms with Crippen LogP contribution in [0.4, 0.5) is 4.79 Å². The van der Waals surface area contributed by atoms with E-state index in [1.54, 1.807) is 20.8 Å². The van der Waals surface area contributed by atoms with Crippen molar-refractivity contribution in [3.63, 3.8) is 0 Å². The van der Waals surface area contributed by atoms with Gasteiger partial charge in [-0.15, -0.1) is 0 Å². The molecule has 0 aliphatic heterocycles. The molecule has 6 heteroatoms. The summed E-state index contributed by atoms with van der Waals surface area (Å²) >= 11 is 0. The van der Waals surface area contributed by atoms with Gasteiger partial charge in [0.15, 0.2) is 0 Å². The number of benzene rings is 1. The van der Waals surface area contributed by atoms with Crippen LogP contribution in [-0.2, 0) is 16.1 Å². The SMILES string of the molecule is CC(C)(C)OC(=O)NCCCC(=O)NCc1cc2ccccc2o1. The van der Waals surface area contributed by atoms with Crippen molar-refractivity contribution in [3.05, 3.63) is 36.1 Å². The molecule has 0 unspecified atom stereocenters. The third kappa shape index (κ3) is 5.95. The van der Waals surface area contributed by atoms with Gasteiger partial charge in [0, 0.05) is 18.4 Å². The number of carbonyl (C=O) groups is 2. The second-order valence-corrected chi connectivity index (χ2v) is 6.56. The van der Waals surface area contributed by atoms with E-state index in [9.17, 15) is 9.59 Å². The summed E-state index contributed by atoms with van der Waals surface area (Å²) in [6.45, 7) is 6.16. The van der Waals surface area contributed by atoms with Gasteiger partial charge in [0.1, 0.15) is 16.9 Å². The molecule has 0 atom stereocenters. The molecular formula is C18H24N2O4. The molecule has 6 nitrogen and oxygen atoms in total. The number of rotatable bonds is 6. The molecule has 0 saturated carbocycles. The Balaban J connectivity index is 1.64. The monoisotopic (exact) mass is 332 g/mol. The highest BCUT2D eigenvalue weighted by Gasteiger charge is 2.15. The fourth-order valence-corrected chi connectivity index (χ4v) is 2.15. The molecule has 0 aliphatic carbocycles. The lowest BCUT2D eigenvalue weighted by Crippen LogP contribution is -2.33. The topological polar surface area (TPSA) is 80.6 Å². The van der Waals surface area contributed by atoms with Gasteiger partial charge in [0.25, 0.3) is 0 Å². The fraction of sp³-hybridized carbons (Fsp3) is 0.444. The quantitative estimate of drug-likeness (QED) is 0.795. The Kier molecular flexibility index (Phi) is 5.84. The molecule has 0 bridgehead atoms. The number of amides is 2. The molecule has 0 saturated heterocycles. The van der Waals surface area contributed by atoms with Crippen LogP contribution in [0, 0.1) is 0 Å². The van der Waals surface area contributed by atoms with Crippen LogP contribution >= 0.6 is 0 Å². The number of hydrogen-bond acceptors (Lipinski definition) is 4. The van der Waals surface area contributed by atoms with Gasteiger partial charge >= 0.3 is 6.09 Å². The van der Waals surface area contributed by atoms with Gasteiger partial charge in [-0.3, -0.25) is 4.79 Å². The van der Waals surface area contributed by atoms with E-state index in [-0.39, 0.29) is 5.91 Å². The van der Waals surface area contributed by atoms with E-state index in [0.717, 1.165) is 16.7 Å². The summed E-state index contributed by atoms with van der Waals surface area (Å²) in [5.41, 5.74) is 0.289. The summed E-state index contributed by atoms with van der Waals surface area (Å²) in [6.07, 6.45) is 0.409. The first kappa shape index (κ1) is 17.8. The van der Waals surface area contributed by atoms with Gasteiger partial charge < -0.3 is 19.8 Å². The van der Waals surface area contributed by atoms with Crippen molar-refractivity contribution in [2.75, 3.05) is 6.54 Å². The third-order valence-electron chi connectivity index (χ3n) is 3.19. The molecule has 0 aliphatic rings. The van der Waals surface area contributed by atoms with E-state index in [0.29, 0.717) is 25.9 Å². The van der Waals surface area contributed by atoms with Crippen LogP contribution < -0.4 is 10.6 Å². The maximum absolute atomic E-state index is 11.8. The Morgan fingerprint density at radius 2 is 1.92 bits per heavy atom. The molecule has 0 spiro atoms. The minimum absolute atomic E-state index is 0.0820. The van der Waals surface area contributed by atoms with E-state index in [4.69, 9.17) is 9.15 Å². The van der Waals surface area contributed by atoms with Gasteiger partial charge in [0.05, 0.1) is 6.54 Å². The lowest BCUT2D eigenvalue weighted by Gasteiger charge is -2.19. The molecule has 0 radical (unpaired) electrons. The van der Waals surface area contributed by atoms with E-state index >= 15 is 0 Å². The number of nitrogens with one attached hydrogen (secondary N) is 2. The molecule has 2 rings (SSSR count). The number of alkyl carbamates (subject to hydrolysis) is 1. The number of carbonyl (C=O) groups excluding carboxylic acids is 2. The number of ether oxygens (including phenoxy) is 1. The minimum atomic E-state index is -0.520. The molecule has 1 aromatic heterocycles. The first-order valence-electron chi connectivity index (χ1n) is 8.04. The average molecular weight is 332 g/mol. The summed E-state index contributed by atoms with van der Waals surface area (Å²) < 4.78 is 10.7. The van der Waals surface area contributed by atoms with Crippen molar-refractivity contribution in [1.29, 1.82) is 0 Å². The Bertz CT molecular complexity index is 667. The molecular weight excluding hydrogens is 308 g/mol. The summed E-state index contributed by atoms with van der Waals surface area (Å²) in [7, 11) is 0. The van der Waals surface area contributed by atoms with Crippen LogP contribution in [0.15, 0.2) is 34.7 Å². The van der Waals surface area contributed by atoms with Gasteiger partial charge in [0.2, 0.25) is 5.91 Å². The lowest BCUT2D eigenvalue weighted by atomic mass is 10.2. The van der Waals surface area contributed by atoms with Crippen molar-refractivity contribution >= 4 is 23.0 Å². The molecule has 130 valence electrons. The van der Waals surface area contributed by atoms with Crippen molar-refractivity contribution < 1.29 is 18.7 Å². The van der Waals surface area contributed by atoms with Crippen molar-refractivity contribution in [2.45, 2.75) is 45.8 Å².